The lowest BCUT2D eigenvalue weighted by molar-refractivity contribution is -0.139. The van der Waals surface area contributed by atoms with Crippen LogP contribution in [-0.2, 0) is 38.6 Å². The van der Waals surface area contributed by atoms with Crippen LogP contribution in [0.5, 0.6) is 0 Å². The Hall–Kier alpha value is -2.17. The van der Waals surface area contributed by atoms with E-state index >= 15 is 0 Å². The number of hydrogen-bond acceptors (Lipinski definition) is 7. The van der Waals surface area contributed by atoms with Crippen molar-refractivity contribution < 1.29 is 23.8 Å². The molecule has 2 fully saturated rings. The van der Waals surface area contributed by atoms with Crippen molar-refractivity contribution in [2.75, 3.05) is 61.2 Å². The van der Waals surface area contributed by atoms with Gasteiger partial charge in [-0.2, -0.15) is 5.10 Å². The largest absolute Gasteiger partial charge is 0.444 e. The van der Waals surface area contributed by atoms with E-state index in [4.69, 9.17) is 19.3 Å². The van der Waals surface area contributed by atoms with Gasteiger partial charge in [-0.1, -0.05) is 6.42 Å². The number of fused-ring (bicyclic) bond motifs is 1. The maximum Gasteiger partial charge on any atom is 0.410 e. The normalized spacial score (nSPS) is 19.7. The van der Waals surface area contributed by atoms with Crippen LogP contribution in [0.2, 0.25) is 0 Å². The second-order valence-electron chi connectivity index (χ2n) is 13.7. The van der Waals surface area contributed by atoms with Gasteiger partial charge in [-0.15, -0.1) is 0 Å². The van der Waals surface area contributed by atoms with E-state index < -0.39 is 5.60 Å². The van der Waals surface area contributed by atoms with E-state index in [1.165, 1.54) is 17.7 Å². The monoisotopic (exact) mass is 575 g/mol. The zero-order valence-corrected chi connectivity index (χ0v) is 26.5. The van der Waals surface area contributed by atoms with E-state index in [1.54, 1.807) is 26.2 Å². The Kier molecular flexibility index (Phi) is 10.4. The number of ether oxygens (including phenoxy) is 3. The summed E-state index contributed by atoms with van der Waals surface area (Å²) in [5.74, 6) is 0.924. The maximum absolute atomic E-state index is 13.2. The second-order valence-corrected chi connectivity index (χ2v) is 13.7. The highest BCUT2D eigenvalue weighted by Crippen LogP contribution is 2.46. The third-order valence-electron chi connectivity index (χ3n) is 9.16. The quantitative estimate of drug-likeness (QED) is 0.390. The molecule has 10 nitrogen and oxygen atoms in total. The average molecular weight is 576 g/mol. The van der Waals surface area contributed by atoms with Gasteiger partial charge in [0.1, 0.15) is 5.60 Å². The molecule has 232 valence electrons. The summed E-state index contributed by atoms with van der Waals surface area (Å²) < 4.78 is 18.9. The number of carbonyl (C=O) groups is 2. The van der Waals surface area contributed by atoms with Crippen molar-refractivity contribution in [3.63, 3.8) is 0 Å². The summed E-state index contributed by atoms with van der Waals surface area (Å²) in [5.41, 5.74) is 3.21. The van der Waals surface area contributed by atoms with Gasteiger partial charge in [-0.05, 0) is 72.3 Å². The predicted octanol–water partition coefficient (Wildman–Crippen LogP) is 4.26. The van der Waals surface area contributed by atoms with Crippen LogP contribution in [0.3, 0.4) is 0 Å². The van der Waals surface area contributed by atoms with Crippen LogP contribution in [0.4, 0.5) is 4.79 Å². The SMILES string of the molecule is COCC1(COC)CCC(c2c(CN(C)CCN(C)C(=O)OC(C)(C)C)nn3c2CN(C(=O)C2CCC2)CC3)CC1. The van der Waals surface area contributed by atoms with Gasteiger partial charge in [0, 0.05) is 64.3 Å². The zero-order chi connectivity index (χ0) is 29.8. The van der Waals surface area contributed by atoms with E-state index in [-0.39, 0.29) is 17.4 Å². The number of amides is 2. The second kappa shape index (κ2) is 13.4. The smallest absolute Gasteiger partial charge is 0.410 e. The van der Waals surface area contributed by atoms with Gasteiger partial charge in [0.05, 0.1) is 37.7 Å². The Balaban J connectivity index is 1.50. The number of rotatable bonds is 11. The lowest BCUT2D eigenvalue weighted by atomic mass is 9.69. The van der Waals surface area contributed by atoms with E-state index in [0.29, 0.717) is 51.2 Å². The van der Waals surface area contributed by atoms with Gasteiger partial charge in [-0.3, -0.25) is 14.4 Å². The van der Waals surface area contributed by atoms with E-state index in [2.05, 4.69) is 21.5 Å². The molecule has 10 heteroatoms. The topological polar surface area (TPSA) is 89.4 Å². The minimum Gasteiger partial charge on any atom is -0.444 e. The number of methoxy groups -OCH3 is 2. The first kappa shape index (κ1) is 31.8. The lowest BCUT2D eigenvalue weighted by Gasteiger charge is -2.40. The Bertz CT molecular complexity index is 1030. The predicted molar refractivity (Wildman–Crippen MR) is 158 cm³/mol. The van der Waals surface area contributed by atoms with Crippen molar-refractivity contribution in [2.24, 2.45) is 11.3 Å². The molecule has 41 heavy (non-hydrogen) atoms. The molecule has 0 radical (unpaired) electrons. The van der Waals surface area contributed by atoms with Crippen LogP contribution in [0, 0.1) is 11.3 Å². The highest BCUT2D eigenvalue weighted by atomic mass is 16.6. The standard InChI is InChI=1S/C31H53N5O5/c1-30(2,3)41-29(38)34(5)16-15-33(4)19-25-27(23-11-13-31(14-12-23,21-39-6)22-40-7)26-20-35(17-18-36(26)32-25)28(37)24-9-8-10-24/h23-24H,8-22H2,1-7H3. The molecule has 0 unspecified atom stereocenters. The molecule has 1 aromatic heterocycles. The molecule has 1 aliphatic heterocycles. The molecule has 4 rings (SSSR count). The third-order valence-corrected chi connectivity index (χ3v) is 9.16. The summed E-state index contributed by atoms with van der Waals surface area (Å²) in [4.78, 5) is 31.6. The number of carbonyl (C=O) groups excluding carboxylic acids is 2. The number of hydrogen-bond donors (Lipinski definition) is 0. The van der Waals surface area contributed by atoms with E-state index in [1.807, 2.05) is 20.8 Å². The van der Waals surface area contributed by atoms with Crippen LogP contribution >= 0.6 is 0 Å². The molecule has 2 aliphatic carbocycles. The Labute approximate surface area is 246 Å². The first-order valence-corrected chi connectivity index (χ1v) is 15.4. The fraction of sp³-hybridized carbons (Fsp3) is 0.839. The molecule has 0 saturated heterocycles. The molecule has 3 aliphatic rings. The van der Waals surface area contributed by atoms with E-state index in [9.17, 15) is 9.59 Å². The first-order chi connectivity index (χ1) is 19.4. The van der Waals surface area contributed by atoms with Crippen LogP contribution in [0.25, 0.3) is 0 Å². The molecule has 2 saturated carbocycles. The number of nitrogens with zero attached hydrogens (tertiary/aromatic N) is 5. The summed E-state index contributed by atoms with van der Waals surface area (Å²) >= 11 is 0. The molecule has 2 heterocycles. The van der Waals surface area contributed by atoms with Crippen LogP contribution in [0.1, 0.15) is 88.6 Å². The number of aromatic nitrogens is 2. The van der Waals surface area contributed by atoms with Crippen molar-refractivity contribution in [1.82, 2.24) is 24.5 Å². The third kappa shape index (κ3) is 7.82. The minimum absolute atomic E-state index is 0.0582. The zero-order valence-electron chi connectivity index (χ0n) is 26.5. The van der Waals surface area contributed by atoms with Crippen molar-refractivity contribution in [1.29, 1.82) is 0 Å². The lowest BCUT2D eigenvalue weighted by Crippen LogP contribution is -2.43. The Morgan fingerprint density at radius 1 is 1.00 bits per heavy atom. The molecule has 2 amide bonds. The van der Waals surface area contributed by atoms with E-state index in [0.717, 1.165) is 57.3 Å². The fourth-order valence-electron chi connectivity index (χ4n) is 6.63. The van der Waals surface area contributed by atoms with Gasteiger partial charge in [-0.25, -0.2) is 4.79 Å². The summed E-state index contributed by atoms with van der Waals surface area (Å²) in [6, 6.07) is 0. The minimum atomic E-state index is -0.514. The number of likely N-dealkylation sites (N-methyl/N-ethyl adjacent to an activating group) is 2. The van der Waals surface area contributed by atoms with Crippen LogP contribution < -0.4 is 0 Å². The Morgan fingerprint density at radius 3 is 2.22 bits per heavy atom. The maximum atomic E-state index is 13.2. The van der Waals surface area contributed by atoms with Crippen molar-refractivity contribution >= 4 is 12.0 Å². The van der Waals surface area contributed by atoms with Gasteiger partial charge in [0.25, 0.3) is 0 Å². The van der Waals surface area contributed by atoms with Gasteiger partial charge < -0.3 is 24.0 Å². The molecule has 0 bridgehead atoms. The highest BCUT2D eigenvalue weighted by molar-refractivity contribution is 5.79. The summed E-state index contributed by atoms with van der Waals surface area (Å²) in [5, 5.41) is 5.14. The van der Waals surface area contributed by atoms with Gasteiger partial charge >= 0.3 is 6.09 Å². The highest BCUT2D eigenvalue weighted by Gasteiger charge is 2.40. The fourth-order valence-corrected chi connectivity index (χ4v) is 6.63. The van der Waals surface area contributed by atoms with Gasteiger partial charge in [0.15, 0.2) is 0 Å². The van der Waals surface area contributed by atoms with Crippen molar-refractivity contribution in [2.45, 2.75) is 96.9 Å². The van der Waals surface area contributed by atoms with Gasteiger partial charge in [0.2, 0.25) is 5.91 Å². The van der Waals surface area contributed by atoms with Crippen LogP contribution in [0.15, 0.2) is 0 Å². The van der Waals surface area contributed by atoms with Crippen molar-refractivity contribution in [3.05, 3.63) is 17.0 Å². The van der Waals surface area contributed by atoms with Crippen molar-refractivity contribution in [3.8, 4) is 0 Å². The Morgan fingerprint density at radius 2 is 1.66 bits per heavy atom. The molecule has 0 aromatic carbocycles. The molecule has 0 N–H and O–H groups in total. The molecular weight excluding hydrogens is 522 g/mol. The molecule has 0 atom stereocenters. The summed E-state index contributed by atoms with van der Waals surface area (Å²) in [6.45, 7) is 11.2. The first-order valence-electron chi connectivity index (χ1n) is 15.4. The van der Waals surface area contributed by atoms with Crippen LogP contribution in [-0.4, -0.2) is 103 Å². The molecule has 1 aromatic rings. The summed E-state index contributed by atoms with van der Waals surface area (Å²) in [6.07, 6.45) is 7.12. The summed E-state index contributed by atoms with van der Waals surface area (Å²) in [7, 11) is 7.42. The molecule has 0 spiro atoms. The molecular formula is C31H53N5O5. The average Bonchev–Trinajstić information content (AvgIpc) is 3.23.